The SMILES string of the molecule is CNC(=O)CCN(C)C(=O)Nc1cccc(C#N)c1. The van der Waals surface area contributed by atoms with Gasteiger partial charge in [-0.2, -0.15) is 5.26 Å². The van der Waals surface area contributed by atoms with Gasteiger partial charge in [0.15, 0.2) is 0 Å². The quantitative estimate of drug-likeness (QED) is 0.851. The fourth-order valence-corrected chi connectivity index (χ4v) is 1.38. The van der Waals surface area contributed by atoms with E-state index >= 15 is 0 Å². The molecule has 0 aliphatic rings. The van der Waals surface area contributed by atoms with Crippen molar-refractivity contribution in [3.8, 4) is 6.07 Å². The molecule has 6 nitrogen and oxygen atoms in total. The maximum absolute atomic E-state index is 11.8. The number of benzene rings is 1. The Morgan fingerprint density at radius 3 is 2.79 bits per heavy atom. The minimum Gasteiger partial charge on any atom is -0.359 e. The van der Waals surface area contributed by atoms with Gasteiger partial charge < -0.3 is 15.5 Å². The smallest absolute Gasteiger partial charge is 0.321 e. The van der Waals surface area contributed by atoms with E-state index in [-0.39, 0.29) is 18.4 Å². The molecule has 0 fully saturated rings. The van der Waals surface area contributed by atoms with Crippen molar-refractivity contribution in [3.05, 3.63) is 29.8 Å². The molecule has 0 aliphatic carbocycles. The lowest BCUT2D eigenvalue weighted by molar-refractivity contribution is -0.120. The summed E-state index contributed by atoms with van der Waals surface area (Å²) in [5.74, 6) is -0.119. The van der Waals surface area contributed by atoms with Crippen LogP contribution in [-0.4, -0.2) is 37.5 Å². The molecule has 0 bridgehead atoms. The largest absolute Gasteiger partial charge is 0.359 e. The molecule has 0 atom stereocenters. The highest BCUT2D eigenvalue weighted by molar-refractivity contribution is 5.89. The number of anilines is 1. The highest BCUT2D eigenvalue weighted by Crippen LogP contribution is 2.10. The van der Waals surface area contributed by atoms with Crippen molar-refractivity contribution in [2.24, 2.45) is 0 Å². The fraction of sp³-hybridized carbons (Fsp3) is 0.308. The molecule has 0 aliphatic heterocycles. The summed E-state index contributed by atoms with van der Waals surface area (Å²) in [5.41, 5.74) is 1.03. The molecule has 0 radical (unpaired) electrons. The van der Waals surface area contributed by atoms with Crippen molar-refractivity contribution in [2.75, 3.05) is 26.0 Å². The van der Waals surface area contributed by atoms with Gasteiger partial charge in [0.1, 0.15) is 0 Å². The Morgan fingerprint density at radius 2 is 2.16 bits per heavy atom. The zero-order valence-electron chi connectivity index (χ0n) is 10.9. The van der Waals surface area contributed by atoms with Gasteiger partial charge in [0.05, 0.1) is 11.6 Å². The summed E-state index contributed by atoms with van der Waals surface area (Å²) in [7, 11) is 3.15. The Balaban J connectivity index is 2.54. The number of hydrogen-bond donors (Lipinski definition) is 2. The van der Waals surface area contributed by atoms with Crippen LogP contribution < -0.4 is 10.6 Å². The predicted molar refractivity (Wildman–Crippen MR) is 71.5 cm³/mol. The van der Waals surface area contributed by atoms with Gasteiger partial charge in [-0.1, -0.05) is 6.07 Å². The van der Waals surface area contributed by atoms with Crippen molar-refractivity contribution < 1.29 is 9.59 Å². The Kier molecular flexibility index (Phi) is 5.35. The van der Waals surface area contributed by atoms with Crippen LogP contribution in [0.2, 0.25) is 0 Å². The number of carbonyl (C=O) groups is 2. The maximum atomic E-state index is 11.8. The lowest BCUT2D eigenvalue weighted by Gasteiger charge is -2.17. The van der Waals surface area contributed by atoms with Crippen LogP contribution in [0.1, 0.15) is 12.0 Å². The van der Waals surface area contributed by atoms with Crippen LogP contribution in [0, 0.1) is 11.3 Å². The van der Waals surface area contributed by atoms with E-state index in [0.717, 1.165) is 0 Å². The molecule has 1 aromatic carbocycles. The predicted octanol–water partition coefficient (Wildman–Crippen LogP) is 1.16. The zero-order chi connectivity index (χ0) is 14.3. The van der Waals surface area contributed by atoms with Crippen LogP contribution >= 0.6 is 0 Å². The van der Waals surface area contributed by atoms with Gasteiger partial charge in [-0.15, -0.1) is 0 Å². The van der Waals surface area contributed by atoms with Crippen LogP contribution in [0.3, 0.4) is 0 Å². The van der Waals surface area contributed by atoms with Gasteiger partial charge in [-0.3, -0.25) is 4.79 Å². The summed E-state index contributed by atoms with van der Waals surface area (Å²) in [6, 6.07) is 8.32. The molecule has 0 spiro atoms. The lowest BCUT2D eigenvalue weighted by Crippen LogP contribution is -2.34. The second kappa shape index (κ2) is 7.01. The average molecular weight is 260 g/mol. The molecule has 2 N–H and O–H groups in total. The van der Waals surface area contributed by atoms with E-state index in [4.69, 9.17) is 5.26 Å². The first-order chi connectivity index (χ1) is 9.06. The summed E-state index contributed by atoms with van der Waals surface area (Å²) >= 11 is 0. The first-order valence-electron chi connectivity index (χ1n) is 5.79. The number of urea groups is 1. The number of nitrogens with one attached hydrogen (secondary N) is 2. The number of nitriles is 1. The van der Waals surface area contributed by atoms with Crippen LogP contribution in [0.4, 0.5) is 10.5 Å². The second-order valence-electron chi connectivity index (χ2n) is 3.97. The number of rotatable bonds is 4. The van der Waals surface area contributed by atoms with E-state index in [2.05, 4.69) is 10.6 Å². The Morgan fingerprint density at radius 1 is 1.42 bits per heavy atom. The summed E-state index contributed by atoms with van der Waals surface area (Å²) in [4.78, 5) is 24.3. The van der Waals surface area contributed by atoms with Crippen molar-refractivity contribution in [1.29, 1.82) is 5.26 Å². The molecular weight excluding hydrogens is 244 g/mol. The Labute approximate surface area is 112 Å². The molecule has 3 amide bonds. The molecular formula is C13H16N4O2. The van der Waals surface area contributed by atoms with Crippen LogP contribution in [0.25, 0.3) is 0 Å². The molecule has 19 heavy (non-hydrogen) atoms. The molecule has 0 aromatic heterocycles. The minimum atomic E-state index is -0.320. The summed E-state index contributed by atoms with van der Waals surface area (Å²) in [5, 5.41) is 13.9. The third-order valence-corrected chi connectivity index (χ3v) is 2.54. The number of hydrogen-bond acceptors (Lipinski definition) is 3. The number of amides is 3. The van der Waals surface area contributed by atoms with Crippen LogP contribution in [0.15, 0.2) is 24.3 Å². The fourth-order valence-electron chi connectivity index (χ4n) is 1.38. The van der Waals surface area contributed by atoms with Gasteiger partial charge in [0.25, 0.3) is 0 Å². The van der Waals surface area contributed by atoms with Gasteiger partial charge in [0, 0.05) is 32.7 Å². The second-order valence-corrected chi connectivity index (χ2v) is 3.97. The average Bonchev–Trinajstić information content (AvgIpc) is 2.44. The lowest BCUT2D eigenvalue weighted by atomic mass is 10.2. The summed E-state index contributed by atoms with van der Waals surface area (Å²) < 4.78 is 0. The van der Waals surface area contributed by atoms with Gasteiger partial charge in [-0.25, -0.2) is 4.79 Å². The molecule has 1 aromatic rings. The third-order valence-electron chi connectivity index (χ3n) is 2.54. The molecule has 0 saturated heterocycles. The number of carbonyl (C=O) groups excluding carboxylic acids is 2. The highest BCUT2D eigenvalue weighted by Gasteiger charge is 2.10. The van der Waals surface area contributed by atoms with Crippen molar-refractivity contribution in [3.63, 3.8) is 0 Å². The summed E-state index contributed by atoms with van der Waals surface area (Å²) in [6.07, 6.45) is 0.249. The summed E-state index contributed by atoms with van der Waals surface area (Å²) in [6.45, 7) is 0.323. The Hall–Kier alpha value is -2.55. The first-order valence-corrected chi connectivity index (χ1v) is 5.79. The van der Waals surface area contributed by atoms with Crippen LogP contribution in [-0.2, 0) is 4.79 Å². The van der Waals surface area contributed by atoms with Crippen molar-refractivity contribution >= 4 is 17.6 Å². The van der Waals surface area contributed by atoms with Gasteiger partial charge in [0.2, 0.25) is 5.91 Å². The topological polar surface area (TPSA) is 85.2 Å². The van der Waals surface area contributed by atoms with Gasteiger partial charge >= 0.3 is 6.03 Å². The first kappa shape index (κ1) is 14.5. The number of nitrogens with zero attached hydrogens (tertiary/aromatic N) is 2. The third kappa shape index (κ3) is 4.68. The van der Waals surface area contributed by atoms with E-state index in [0.29, 0.717) is 17.8 Å². The minimum absolute atomic E-state index is 0.119. The van der Waals surface area contributed by atoms with E-state index < -0.39 is 0 Å². The highest BCUT2D eigenvalue weighted by atomic mass is 16.2. The molecule has 0 unspecified atom stereocenters. The van der Waals surface area contributed by atoms with Gasteiger partial charge in [-0.05, 0) is 18.2 Å². The van der Waals surface area contributed by atoms with Crippen molar-refractivity contribution in [2.45, 2.75) is 6.42 Å². The Bertz CT molecular complexity index is 508. The molecule has 0 saturated carbocycles. The molecule has 6 heteroatoms. The molecule has 0 heterocycles. The normalized spacial score (nSPS) is 9.32. The van der Waals surface area contributed by atoms with Crippen molar-refractivity contribution in [1.82, 2.24) is 10.2 Å². The van der Waals surface area contributed by atoms with E-state index in [1.807, 2.05) is 6.07 Å². The standard InChI is InChI=1S/C13H16N4O2/c1-15-12(18)6-7-17(2)13(19)16-11-5-3-4-10(8-11)9-14/h3-5,8H,6-7H2,1-2H3,(H,15,18)(H,16,19). The monoisotopic (exact) mass is 260 g/mol. The molecule has 1 rings (SSSR count). The van der Waals surface area contributed by atoms with Crippen LogP contribution in [0.5, 0.6) is 0 Å². The van der Waals surface area contributed by atoms with E-state index in [1.54, 1.807) is 38.4 Å². The molecule has 100 valence electrons. The van der Waals surface area contributed by atoms with E-state index in [1.165, 1.54) is 4.90 Å². The maximum Gasteiger partial charge on any atom is 0.321 e. The zero-order valence-corrected chi connectivity index (χ0v) is 10.9. The van der Waals surface area contributed by atoms with E-state index in [9.17, 15) is 9.59 Å².